The average molecular weight is 677 g/mol. The standard InChI is InChI=1S/C49H60N2/c1-13-41-42(47(7,8)23-22-46(41,5)6)29-35(4)50-37-26-34(3)28-39(30-37)51(38-21-17-18-33(2)27-38)45-32-44-43(48(9,10)24-25-49(44,11)12)31-40(45)36-19-15-14-16-20-36/h13-21,26-32,50H,1,22-25H2,2-12H3/b35-29+. The predicted octanol–water partition coefficient (Wildman–Crippen LogP) is 14.4. The summed E-state index contributed by atoms with van der Waals surface area (Å²) < 4.78 is 0. The SMILES string of the molecule is C=CC1=C(/C=C(\C)Nc2cc(C)cc(N(c3cccc(C)c3)c3cc4c(cc3-c3ccccc3)C(C)(C)CCC4(C)C)c2)C(C)(C)CCC1(C)C. The molecule has 6 rings (SSSR count). The molecule has 0 fully saturated rings. The van der Waals surface area contributed by atoms with Crippen LogP contribution in [0.3, 0.4) is 0 Å². The van der Waals surface area contributed by atoms with E-state index in [1.807, 2.05) is 0 Å². The molecule has 0 spiro atoms. The largest absolute Gasteiger partial charge is 0.359 e. The minimum atomic E-state index is 0.0781. The van der Waals surface area contributed by atoms with E-state index < -0.39 is 0 Å². The molecule has 0 heterocycles. The van der Waals surface area contributed by atoms with Gasteiger partial charge in [0.05, 0.1) is 5.69 Å². The Morgan fingerprint density at radius 1 is 0.627 bits per heavy atom. The van der Waals surface area contributed by atoms with E-state index in [0.717, 1.165) is 29.2 Å². The molecule has 0 atom stereocenters. The first-order valence-electron chi connectivity index (χ1n) is 19.0. The molecule has 4 aromatic rings. The summed E-state index contributed by atoms with van der Waals surface area (Å²) in [5.74, 6) is 0. The molecular formula is C49H60N2. The first kappa shape index (κ1) is 36.5. The molecule has 2 heteroatoms. The Labute approximate surface area is 309 Å². The minimum Gasteiger partial charge on any atom is -0.359 e. The number of allylic oxidation sites excluding steroid dienone is 5. The van der Waals surface area contributed by atoms with Crippen LogP contribution < -0.4 is 10.2 Å². The molecule has 51 heavy (non-hydrogen) atoms. The van der Waals surface area contributed by atoms with Crippen LogP contribution in [0.4, 0.5) is 22.7 Å². The Balaban J connectivity index is 1.55. The number of anilines is 4. The maximum Gasteiger partial charge on any atom is 0.0543 e. The van der Waals surface area contributed by atoms with Crippen LogP contribution in [-0.2, 0) is 10.8 Å². The van der Waals surface area contributed by atoms with Gasteiger partial charge in [0.2, 0.25) is 0 Å². The van der Waals surface area contributed by atoms with Gasteiger partial charge < -0.3 is 10.2 Å². The zero-order chi connectivity index (χ0) is 36.9. The molecule has 2 aliphatic rings. The van der Waals surface area contributed by atoms with Crippen molar-refractivity contribution in [1.29, 1.82) is 0 Å². The van der Waals surface area contributed by atoms with Crippen molar-refractivity contribution >= 4 is 22.7 Å². The van der Waals surface area contributed by atoms with Gasteiger partial charge in [0.15, 0.2) is 0 Å². The van der Waals surface area contributed by atoms with E-state index in [0.29, 0.717) is 0 Å². The second-order valence-electron chi connectivity index (χ2n) is 18.0. The molecule has 0 amide bonds. The lowest BCUT2D eigenvalue weighted by Gasteiger charge is -2.43. The number of hydrogen-bond donors (Lipinski definition) is 1. The number of benzene rings is 4. The second kappa shape index (κ2) is 13.4. The minimum absolute atomic E-state index is 0.0781. The first-order valence-corrected chi connectivity index (χ1v) is 19.0. The lowest BCUT2D eigenvalue weighted by atomic mass is 9.62. The third-order valence-corrected chi connectivity index (χ3v) is 11.9. The zero-order valence-corrected chi connectivity index (χ0v) is 33.2. The Kier molecular flexibility index (Phi) is 9.55. The quantitative estimate of drug-likeness (QED) is 0.200. The highest BCUT2D eigenvalue weighted by Crippen LogP contribution is 2.52. The van der Waals surface area contributed by atoms with E-state index in [-0.39, 0.29) is 21.7 Å². The van der Waals surface area contributed by atoms with Crippen LogP contribution in [0.25, 0.3) is 11.1 Å². The third kappa shape index (κ3) is 7.25. The summed E-state index contributed by atoms with van der Waals surface area (Å²) in [5, 5.41) is 3.84. The number of nitrogens with one attached hydrogen (secondary N) is 1. The predicted molar refractivity (Wildman–Crippen MR) is 223 cm³/mol. The molecule has 0 bridgehead atoms. The second-order valence-corrected chi connectivity index (χ2v) is 18.0. The van der Waals surface area contributed by atoms with Crippen LogP contribution >= 0.6 is 0 Å². The van der Waals surface area contributed by atoms with Gasteiger partial charge in [0.1, 0.15) is 0 Å². The summed E-state index contributed by atoms with van der Waals surface area (Å²) in [6, 6.07) is 31.9. The molecule has 0 aromatic heterocycles. The third-order valence-electron chi connectivity index (χ3n) is 11.9. The number of hydrogen-bond acceptors (Lipinski definition) is 2. The van der Waals surface area contributed by atoms with E-state index >= 15 is 0 Å². The van der Waals surface area contributed by atoms with E-state index in [4.69, 9.17) is 0 Å². The van der Waals surface area contributed by atoms with E-state index in [2.05, 4.69) is 190 Å². The van der Waals surface area contributed by atoms with Crippen LogP contribution in [-0.4, -0.2) is 0 Å². The van der Waals surface area contributed by atoms with Gasteiger partial charge in [0.25, 0.3) is 0 Å². The Morgan fingerprint density at radius 2 is 1.22 bits per heavy atom. The van der Waals surface area contributed by atoms with E-state index in [9.17, 15) is 0 Å². The number of nitrogens with zero attached hydrogens (tertiary/aromatic N) is 1. The molecular weight excluding hydrogens is 617 g/mol. The normalized spacial score (nSPS) is 18.9. The summed E-state index contributed by atoms with van der Waals surface area (Å²) in [6.07, 6.45) is 9.15. The van der Waals surface area contributed by atoms with Gasteiger partial charge in [-0.05, 0) is 156 Å². The van der Waals surface area contributed by atoms with E-state index in [1.54, 1.807) is 0 Å². The smallest absolute Gasteiger partial charge is 0.0543 e. The monoisotopic (exact) mass is 676 g/mol. The lowest BCUT2D eigenvalue weighted by Crippen LogP contribution is -2.34. The van der Waals surface area contributed by atoms with Crippen molar-refractivity contribution in [3.8, 4) is 11.1 Å². The average Bonchev–Trinajstić information content (AvgIpc) is 3.05. The van der Waals surface area contributed by atoms with Crippen molar-refractivity contribution < 1.29 is 0 Å². The molecule has 0 aliphatic heterocycles. The Morgan fingerprint density at radius 3 is 1.84 bits per heavy atom. The molecule has 0 saturated carbocycles. The highest BCUT2D eigenvalue weighted by molar-refractivity contribution is 5.90. The molecule has 266 valence electrons. The van der Waals surface area contributed by atoms with Crippen LogP contribution in [0.2, 0.25) is 0 Å². The summed E-state index contributed by atoms with van der Waals surface area (Å²) in [5.41, 5.74) is 16.8. The van der Waals surface area contributed by atoms with Crippen LogP contribution in [0.5, 0.6) is 0 Å². The van der Waals surface area contributed by atoms with Gasteiger partial charge in [-0.25, -0.2) is 0 Å². The lowest BCUT2D eigenvalue weighted by molar-refractivity contribution is 0.273. The Bertz CT molecular complexity index is 2010. The maximum atomic E-state index is 4.25. The fraction of sp³-hybridized carbons (Fsp3) is 0.388. The van der Waals surface area contributed by atoms with Crippen LogP contribution in [0.1, 0.15) is 110 Å². The number of aryl methyl sites for hydroxylation is 2. The van der Waals surface area contributed by atoms with Gasteiger partial charge in [-0.2, -0.15) is 0 Å². The summed E-state index contributed by atoms with van der Waals surface area (Å²) in [4.78, 5) is 2.50. The first-order chi connectivity index (χ1) is 23.9. The topological polar surface area (TPSA) is 15.3 Å². The summed E-state index contributed by atoms with van der Waals surface area (Å²) >= 11 is 0. The molecule has 2 aliphatic carbocycles. The van der Waals surface area contributed by atoms with Crippen molar-refractivity contribution in [2.24, 2.45) is 10.8 Å². The van der Waals surface area contributed by atoms with Gasteiger partial charge in [-0.1, -0.05) is 111 Å². The van der Waals surface area contributed by atoms with E-state index in [1.165, 1.54) is 69.5 Å². The fourth-order valence-corrected chi connectivity index (χ4v) is 8.56. The van der Waals surface area contributed by atoms with Crippen molar-refractivity contribution in [1.82, 2.24) is 0 Å². The highest BCUT2D eigenvalue weighted by atomic mass is 15.1. The zero-order valence-electron chi connectivity index (χ0n) is 33.2. The molecule has 2 nitrogen and oxygen atoms in total. The summed E-state index contributed by atoms with van der Waals surface area (Å²) in [7, 11) is 0. The van der Waals surface area contributed by atoms with Gasteiger partial charge in [0, 0.05) is 28.3 Å². The summed E-state index contributed by atoms with van der Waals surface area (Å²) in [6.45, 7) is 30.0. The van der Waals surface area contributed by atoms with Gasteiger partial charge in [-0.3, -0.25) is 0 Å². The van der Waals surface area contributed by atoms with Crippen LogP contribution in [0.15, 0.2) is 121 Å². The highest BCUT2D eigenvalue weighted by Gasteiger charge is 2.39. The molecule has 1 N–H and O–H groups in total. The molecule has 0 radical (unpaired) electrons. The van der Waals surface area contributed by atoms with Gasteiger partial charge >= 0.3 is 0 Å². The van der Waals surface area contributed by atoms with Crippen LogP contribution in [0, 0.1) is 24.7 Å². The van der Waals surface area contributed by atoms with Crippen molar-refractivity contribution in [3.63, 3.8) is 0 Å². The molecule has 4 aromatic carbocycles. The number of rotatable bonds is 8. The molecule has 0 saturated heterocycles. The van der Waals surface area contributed by atoms with Crippen molar-refractivity contribution in [2.75, 3.05) is 10.2 Å². The van der Waals surface area contributed by atoms with Gasteiger partial charge in [-0.15, -0.1) is 0 Å². The maximum absolute atomic E-state index is 4.25. The van der Waals surface area contributed by atoms with Crippen molar-refractivity contribution in [3.05, 3.63) is 143 Å². The van der Waals surface area contributed by atoms with Crippen molar-refractivity contribution in [2.45, 2.75) is 113 Å². The fourth-order valence-electron chi connectivity index (χ4n) is 8.56. The Hall–Kier alpha value is -4.30. The number of fused-ring (bicyclic) bond motifs is 1. The molecule has 0 unspecified atom stereocenters.